The normalized spacial score (nSPS) is 11.7. The first kappa shape index (κ1) is 11.9. The Hall–Kier alpha value is -1.56. The van der Waals surface area contributed by atoms with Crippen LogP contribution in [0.2, 0.25) is 0 Å². The number of rotatable bonds is 3. The fourth-order valence-corrected chi connectivity index (χ4v) is 3.13. The Morgan fingerprint density at radius 2 is 1.94 bits per heavy atom. The monoisotopic (exact) mass is 322 g/mol. The number of aryl methyl sites for hydroxylation is 2. The van der Waals surface area contributed by atoms with Crippen LogP contribution in [0.25, 0.3) is 0 Å². The van der Waals surface area contributed by atoms with E-state index >= 15 is 0 Å². The summed E-state index contributed by atoms with van der Waals surface area (Å²) in [5, 5.41) is 17.8. The van der Waals surface area contributed by atoms with E-state index in [9.17, 15) is 8.42 Å². The summed E-state index contributed by atoms with van der Waals surface area (Å²) < 4.78 is 27.3. The Kier molecular flexibility index (Phi) is 2.82. The number of aromatic nitrogens is 7. The number of hydrogen-bond donors (Lipinski definition) is 1. The largest absolute Gasteiger partial charge is 0.284 e. The van der Waals surface area contributed by atoms with Gasteiger partial charge in [0.05, 0.1) is 7.05 Å². The summed E-state index contributed by atoms with van der Waals surface area (Å²) in [6, 6.07) is 0. The summed E-state index contributed by atoms with van der Waals surface area (Å²) in [6.07, 6.45) is 0. The van der Waals surface area contributed by atoms with Crippen LogP contribution >= 0.6 is 15.9 Å². The van der Waals surface area contributed by atoms with Gasteiger partial charge in [0, 0.05) is 7.05 Å². The second kappa shape index (κ2) is 4.03. The maximum absolute atomic E-state index is 12.0. The zero-order valence-corrected chi connectivity index (χ0v) is 11.1. The minimum absolute atomic E-state index is 0.108. The van der Waals surface area contributed by atoms with E-state index < -0.39 is 10.0 Å². The van der Waals surface area contributed by atoms with Crippen molar-refractivity contribution in [1.82, 2.24) is 35.2 Å². The summed E-state index contributed by atoms with van der Waals surface area (Å²) >= 11 is 3.00. The van der Waals surface area contributed by atoms with Gasteiger partial charge in [0.2, 0.25) is 5.03 Å². The van der Waals surface area contributed by atoms with Crippen molar-refractivity contribution in [2.75, 3.05) is 4.72 Å². The average Bonchev–Trinajstić information content (AvgIpc) is 2.73. The lowest BCUT2D eigenvalue weighted by atomic mass is 10.9. The average molecular weight is 323 g/mol. The zero-order valence-electron chi connectivity index (χ0n) is 8.73. The van der Waals surface area contributed by atoms with Crippen molar-refractivity contribution in [1.29, 1.82) is 0 Å². The van der Waals surface area contributed by atoms with Gasteiger partial charge in [-0.3, -0.25) is 0 Å². The summed E-state index contributed by atoms with van der Waals surface area (Å²) in [4.78, 5) is 1.13. The van der Waals surface area contributed by atoms with Crippen LogP contribution in [-0.4, -0.2) is 43.6 Å². The number of tetrazole rings is 1. The molecule has 0 aliphatic carbocycles. The lowest BCUT2D eigenvalue weighted by molar-refractivity contribution is 0.578. The van der Waals surface area contributed by atoms with Crippen LogP contribution in [0.4, 0.5) is 5.95 Å². The molecular formula is C5H7BrN8O2S. The fourth-order valence-electron chi connectivity index (χ4n) is 1.10. The Morgan fingerprint density at radius 3 is 2.41 bits per heavy atom. The molecule has 1 N–H and O–H groups in total. The Labute approximate surface area is 104 Å². The van der Waals surface area contributed by atoms with E-state index in [4.69, 9.17) is 0 Å². The first-order chi connectivity index (χ1) is 7.90. The highest BCUT2D eigenvalue weighted by Gasteiger charge is 2.25. The molecule has 0 amide bonds. The maximum Gasteiger partial charge on any atom is 0.284 e. The fraction of sp³-hybridized carbons (Fsp3) is 0.400. The van der Waals surface area contributed by atoms with Crippen molar-refractivity contribution < 1.29 is 8.42 Å². The van der Waals surface area contributed by atoms with Crippen LogP contribution in [0, 0.1) is 0 Å². The minimum Gasteiger partial charge on any atom is -0.243 e. The molecule has 0 aliphatic rings. The molecular weight excluding hydrogens is 316 g/mol. The van der Waals surface area contributed by atoms with Crippen LogP contribution in [0.3, 0.4) is 0 Å². The van der Waals surface area contributed by atoms with Gasteiger partial charge in [-0.1, -0.05) is 10.3 Å². The van der Waals surface area contributed by atoms with Gasteiger partial charge < -0.3 is 0 Å². The van der Waals surface area contributed by atoms with Gasteiger partial charge in [-0.2, -0.15) is 13.2 Å². The Morgan fingerprint density at radius 1 is 1.24 bits per heavy atom. The molecule has 12 heteroatoms. The van der Waals surface area contributed by atoms with E-state index in [-0.39, 0.29) is 15.6 Å². The van der Waals surface area contributed by atoms with E-state index in [0.29, 0.717) is 0 Å². The predicted octanol–water partition coefficient (Wildman–Crippen LogP) is -1.10. The van der Waals surface area contributed by atoms with Gasteiger partial charge in [0.1, 0.15) is 0 Å². The quantitative estimate of drug-likeness (QED) is 0.761. The van der Waals surface area contributed by atoms with Crippen molar-refractivity contribution in [2.45, 2.75) is 5.03 Å². The molecule has 0 aliphatic heterocycles. The molecule has 0 saturated heterocycles. The molecule has 0 radical (unpaired) electrons. The summed E-state index contributed by atoms with van der Waals surface area (Å²) in [6.45, 7) is 0. The summed E-state index contributed by atoms with van der Waals surface area (Å²) in [7, 11) is -0.880. The van der Waals surface area contributed by atoms with E-state index in [2.05, 4.69) is 46.4 Å². The first-order valence-corrected chi connectivity index (χ1v) is 6.50. The smallest absolute Gasteiger partial charge is 0.243 e. The number of sulfonamides is 1. The van der Waals surface area contributed by atoms with Crippen molar-refractivity contribution in [3.05, 3.63) is 4.60 Å². The number of hydrogen-bond acceptors (Lipinski definition) is 7. The van der Waals surface area contributed by atoms with Gasteiger partial charge in [0.15, 0.2) is 4.60 Å². The molecule has 0 spiro atoms. The molecule has 10 nitrogen and oxygen atoms in total. The van der Waals surface area contributed by atoms with Crippen LogP contribution in [0.15, 0.2) is 9.63 Å². The number of halogens is 1. The van der Waals surface area contributed by atoms with Gasteiger partial charge in [-0.15, -0.1) is 10.2 Å². The molecule has 0 bridgehead atoms. The second-order valence-electron chi connectivity index (χ2n) is 3.02. The topological polar surface area (TPSA) is 120 Å². The van der Waals surface area contributed by atoms with E-state index in [1.54, 1.807) is 0 Å². The molecule has 2 aromatic heterocycles. The van der Waals surface area contributed by atoms with Crippen molar-refractivity contribution in [3.8, 4) is 0 Å². The zero-order chi connectivity index (χ0) is 12.6. The van der Waals surface area contributed by atoms with Gasteiger partial charge in [0.25, 0.3) is 16.0 Å². The minimum atomic E-state index is -3.86. The SMILES string of the molecule is Cn1nnc(NS(=O)(=O)c2c(Br)nnn2C)n1. The van der Waals surface area contributed by atoms with Crippen LogP contribution in [0.1, 0.15) is 0 Å². The molecule has 92 valence electrons. The van der Waals surface area contributed by atoms with Crippen LogP contribution < -0.4 is 4.72 Å². The molecule has 0 fully saturated rings. The molecule has 2 aromatic rings. The molecule has 0 atom stereocenters. The van der Waals surface area contributed by atoms with Crippen molar-refractivity contribution in [2.24, 2.45) is 14.1 Å². The highest BCUT2D eigenvalue weighted by Crippen LogP contribution is 2.19. The molecule has 0 aromatic carbocycles. The second-order valence-corrected chi connectivity index (χ2v) is 5.37. The van der Waals surface area contributed by atoms with Crippen molar-refractivity contribution in [3.63, 3.8) is 0 Å². The Balaban J connectivity index is 2.38. The van der Waals surface area contributed by atoms with Crippen molar-refractivity contribution >= 4 is 31.9 Å². The first-order valence-electron chi connectivity index (χ1n) is 4.22. The van der Waals surface area contributed by atoms with Gasteiger partial charge in [-0.05, 0) is 21.1 Å². The predicted molar refractivity (Wildman–Crippen MR) is 58.3 cm³/mol. The lowest BCUT2D eigenvalue weighted by Gasteiger charge is -2.03. The third kappa shape index (κ3) is 2.26. The summed E-state index contributed by atoms with van der Waals surface area (Å²) in [5.41, 5.74) is 0. The molecule has 2 heterocycles. The lowest BCUT2D eigenvalue weighted by Crippen LogP contribution is -2.18. The Bertz CT molecular complexity index is 625. The molecule has 0 unspecified atom stereocenters. The van der Waals surface area contributed by atoms with E-state index in [0.717, 1.165) is 9.48 Å². The highest BCUT2D eigenvalue weighted by molar-refractivity contribution is 9.10. The molecule has 17 heavy (non-hydrogen) atoms. The standard InChI is InChI=1S/C5H7BrN8O2S/c1-13-4(3(6)7-11-13)17(15,16)10-5-8-12-14(2)9-5/h1-2H3,(H,9,10). The van der Waals surface area contributed by atoms with Gasteiger partial charge >= 0.3 is 0 Å². The van der Waals surface area contributed by atoms with E-state index in [1.807, 2.05) is 0 Å². The van der Waals surface area contributed by atoms with Gasteiger partial charge in [-0.25, -0.2) is 9.40 Å². The van der Waals surface area contributed by atoms with Crippen LogP contribution in [0.5, 0.6) is 0 Å². The molecule has 2 rings (SSSR count). The number of nitrogens with one attached hydrogen (secondary N) is 1. The van der Waals surface area contributed by atoms with E-state index in [1.165, 1.54) is 14.1 Å². The molecule has 0 saturated carbocycles. The number of anilines is 1. The number of nitrogens with zero attached hydrogens (tertiary/aromatic N) is 7. The third-order valence-electron chi connectivity index (χ3n) is 1.73. The maximum atomic E-state index is 12.0. The summed E-state index contributed by atoms with van der Waals surface area (Å²) in [5.74, 6) is -0.124. The van der Waals surface area contributed by atoms with Crippen LogP contribution in [-0.2, 0) is 24.1 Å². The third-order valence-corrected chi connectivity index (χ3v) is 3.94. The highest BCUT2D eigenvalue weighted by atomic mass is 79.9.